The summed E-state index contributed by atoms with van der Waals surface area (Å²) in [5.41, 5.74) is 11.7. The summed E-state index contributed by atoms with van der Waals surface area (Å²) in [4.78, 5) is 11.1. The zero-order valence-corrected chi connectivity index (χ0v) is 9.05. The first kappa shape index (κ1) is 11.8. The van der Waals surface area contributed by atoms with Crippen molar-refractivity contribution in [2.45, 2.75) is 6.42 Å². The molecule has 1 rings (SSSR count). The van der Waals surface area contributed by atoms with Crippen molar-refractivity contribution < 1.29 is 4.79 Å². The molecule has 0 saturated heterocycles. The van der Waals surface area contributed by atoms with Crippen LogP contribution in [0.2, 0.25) is 5.02 Å². The molecule has 82 valence electrons. The number of nitrogens with two attached hydrogens (primary N) is 2. The first-order valence-corrected chi connectivity index (χ1v) is 5.06. The van der Waals surface area contributed by atoms with Gasteiger partial charge in [0, 0.05) is 17.3 Å². The van der Waals surface area contributed by atoms with Crippen LogP contribution in [0.3, 0.4) is 0 Å². The van der Waals surface area contributed by atoms with Gasteiger partial charge in [0.2, 0.25) is 0 Å². The molecule has 0 aliphatic carbocycles. The molecule has 0 aliphatic rings. The van der Waals surface area contributed by atoms with Gasteiger partial charge in [0.05, 0.1) is 5.56 Å². The lowest BCUT2D eigenvalue weighted by atomic mass is 10.1. The van der Waals surface area contributed by atoms with E-state index in [0.717, 1.165) is 6.42 Å². The number of rotatable bonds is 5. The summed E-state index contributed by atoms with van der Waals surface area (Å²) in [6.07, 6.45) is 0.834. The van der Waals surface area contributed by atoms with Crippen LogP contribution in [-0.4, -0.2) is 19.0 Å². The first-order chi connectivity index (χ1) is 7.15. The number of carbonyl (C=O) groups excluding carboxylic acids is 1. The molecule has 1 aromatic carbocycles. The minimum absolute atomic E-state index is 0.402. The first-order valence-electron chi connectivity index (χ1n) is 4.68. The Balaban J connectivity index is 2.81. The Labute approximate surface area is 93.6 Å². The second kappa shape index (κ2) is 5.58. The number of anilines is 1. The number of hydrogen-bond acceptors (Lipinski definition) is 3. The lowest BCUT2D eigenvalue weighted by Gasteiger charge is -2.09. The molecule has 5 N–H and O–H groups in total. The van der Waals surface area contributed by atoms with Crippen LogP contribution in [0.1, 0.15) is 16.8 Å². The maximum absolute atomic E-state index is 11.1. The van der Waals surface area contributed by atoms with E-state index < -0.39 is 5.91 Å². The van der Waals surface area contributed by atoms with E-state index in [2.05, 4.69) is 5.32 Å². The molecule has 0 unspecified atom stereocenters. The Hall–Kier alpha value is -1.26. The third-order valence-corrected chi connectivity index (χ3v) is 2.18. The van der Waals surface area contributed by atoms with E-state index in [1.807, 2.05) is 0 Å². The van der Waals surface area contributed by atoms with Gasteiger partial charge in [0.25, 0.3) is 5.91 Å². The minimum atomic E-state index is -0.493. The molecule has 4 nitrogen and oxygen atoms in total. The molecule has 5 heteroatoms. The van der Waals surface area contributed by atoms with Gasteiger partial charge in [0.1, 0.15) is 0 Å². The van der Waals surface area contributed by atoms with Crippen LogP contribution in [0.5, 0.6) is 0 Å². The minimum Gasteiger partial charge on any atom is -0.384 e. The van der Waals surface area contributed by atoms with Crippen molar-refractivity contribution in [2.75, 3.05) is 18.4 Å². The molecule has 0 fully saturated rings. The Morgan fingerprint density at radius 2 is 2.20 bits per heavy atom. The third kappa shape index (κ3) is 3.42. The average molecular weight is 228 g/mol. The molecule has 0 bridgehead atoms. The quantitative estimate of drug-likeness (QED) is 0.662. The normalized spacial score (nSPS) is 10.0. The van der Waals surface area contributed by atoms with E-state index in [1.165, 1.54) is 0 Å². The second-order valence-corrected chi connectivity index (χ2v) is 3.56. The van der Waals surface area contributed by atoms with Crippen molar-refractivity contribution in [1.82, 2.24) is 0 Å². The summed E-state index contributed by atoms with van der Waals surface area (Å²) >= 11 is 5.77. The topological polar surface area (TPSA) is 81.1 Å². The fourth-order valence-corrected chi connectivity index (χ4v) is 1.37. The van der Waals surface area contributed by atoms with Crippen LogP contribution in [0.25, 0.3) is 0 Å². The summed E-state index contributed by atoms with van der Waals surface area (Å²) in [7, 11) is 0. The maximum Gasteiger partial charge on any atom is 0.250 e. The number of halogens is 1. The molecule has 1 aromatic rings. The summed E-state index contributed by atoms with van der Waals surface area (Å²) in [6, 6.07) is 4.99. The lowest BCUT2D eigenvalue weighted by Crippen LogP contribution is -2.16. The van der Waals surface area contributed by atoms with Crippen molar-refractivity contribution in [3.8, 4) is 0 Å². The molecule has 1 amide bonds. The average Bonchev–Trinajstić information content (AvgIpc) is 2.20. The predicted octanol–water partition coefficient (Wildman–Crippen LogP) is 1.20. The smallest absolute Gasteiger partial charge is 0.250 e. The number of nitrogens with one attached hydrogen (secondary N) is 1. The number of hydrogen-bond donors (Lipinski definition) is 3. The number of primary amides is 1. The van der Waals surface area contributed by atoms with Gasteiger partial charge in [-0.1, -0.05) is 11.6 Å². The summed E-state index contributed by atoms with van der Waals surface area (Å²) in [6.45, 7) is 1.31. The van der Waals surface area contributed by atoms with E-state index in [-0.39, 0.29) is 0 Å². The van der Waals surface area contributed by atoms with Gasteiger partial charge in [0.15, 0.2) is 0 Å². The molecule has 0 radical (unpaired) electrons. The van der Waals surface area contributed by atoms with Crippen molar-refractivity contribution in [3.05, 3.63) is 28.8 Å². The Bertz CT molecular complexity index is 355. The zero-order chi connectivity index (χ0) is 11.3. The standard InChI is InChI=1S/C10H14ClN3O/c11-7-2-3-9(14-5-1-4-12)8(6-7)10(13)15/h2-3,6,14H,1,4-5,12H2,(H2,13,15). The van der Waals surface area contributed by atoms with Crippen LogP contribution in [0, 0.1) is 0 Å². The molecule has 0 spiro atoms. The molecule has 15 heavy (non-hydrogen) atoms. The second-order valence-electron chi connectivity index (χ2n) is 3.12. The Kier molecular flexibility index (Phi) is 4.39. The number of carbonyl (C=O) groups is 1. The van der Waals surface area contributed by atoms with Gasteiger partial charge in [-0.3, -0.25) is 4.79 Å². The van der Waals surface area contributed by atoms with Crippen LogP contribution >= 0.6 is 11.6 Å². The monoisotopic (exact) mass is 227 g/mol. The van der Waals surface area contributed by atoms with Gasteiger partial charge >= 0.3 is 0 Å². The largest absolute Gasteiger partial charge is 0.384 e. The predicted molar refractivity (Wildman–Crippen MR) is 62.1 cm³/mol. The van der Waals surface area contributed by atoms with E-state index in [9.17, 15) is 4.79 Å². The summed E-state index contributed by atoms with van der Waals surface area (Å²) in [5, 5.41) is 3.58. The van der Waals surface area contributed by atoms with E-state index in [0.29, 0.717) is 29.4 Å². The highest BCUT2D eigenvalue weighted by Gasteiger charge is 2.07. The maximum atomic E-state index is 11.1. The van der Waals surface area contributed by atoms with E-state index in [1.54, 1.807) is 18.2 Å². The zero-order valence-electron chi connectivity index (χ0n) is 8.29. The fourth-order valence-electron chi connectivity index (χ4n) is 1.20. The van der Waals surface area contributed by atoms with Crippen molar-refractivity contribution >= 4 is 23.2 Å². The SMILES string of the molecule is NCCCNc1ccc(Cl)cc1C(N)=O. The fraction of sp³-hybridized carbons (Fsp3) is 0.300. The number of benzene rings is 1. The highest BCUT2D eigenvalue weighted by molar-refractivity contribution is 6.31. The molecule has 0 saturated carbocycles. The highest BCUT2D eigenvalue weighted by Crippen LogP contribution is 2.20. The van der Waals surface area contributed by atoms with Crippen LogP contribution in [0.4, 0.5) is 5.69 Å². The molecule has 0 aromatic heterocycles. The molecule has 0 heterocycles. The van der Waals surface area contributed by atoms with Gasteiger partial charge in [-0.25, -0.2) is 0 Å². The van der Waals surface area contributed by atoms with Gasteiger partial charge in [-0.2, -0.15) is 0 Å². The summed E-state index contributed by atoms with van der Waals surface area (Å²) in [5.74, 6) is -0.493. The van der Waals surface area contributed by atoms with Crippen molar-refractivity contribution in [3.63, 3.8) is 0 Å². The van der Waals surface area contributed by atoms with Crippen molar-refractivity contribution in [1.29, 1.82) is 0 Å². The van der Waals surface area contributed by atoms with Gasteiger partial charge in [-0.15, -0.1) is 0 Å². The summed E-state index contributed by atoms with van der Waals surface area (Å²) < 4.78 is 0. The Morgan fingerprint density at radius 1 is 1.47 bits per heavy atom. The lowest BCUT2D eigenvalue weighted by molar-refractivity contribution is 0.100. The molecule has 0 aliphatic heterocycles. The molecular formula is C10H14ClN3O. The van der Waals surface area contributed by atoms with Gasteiger partial charge < -0.3 is 16.8 Å². The third-order valence-electron chi connectivity index (χ3n) is 1.94. The van der Waals surface area contributed by atoms with Gasteiger partial charge in [-0.05, 0) is 31.2 Å². The number of amides is 1. The van der Waals surface area contributed by atoms with E-state index in [4.69, 9.17) is 23.1 Å². The van der Waals surface area contributed by atoms with Crippen molar-refractivity contribution in [2.24, 2.45) is 11.5 Å². The Morgan fingerprint density at radius 3 is 2.80 bits per heavy atom. The van der Waals surface area contributed by atoms with Crippen LogP contribution in [-0.2, 0) is 0 Å². The molecule has 0 atom stereocenters. The van der Waals surface area contributed by atoms with E-state index >= 15 is 0 Å². The van der Waals surface area contributed by atoms with Crippen LogP contribution < -0.4 is 16.8 Å². The highest BCUT2D eigenvalue weighted by atomic mass is 35.5. The van der Waals surface area contributed by atoms with Crippen LogP contribution in [0.15, 0.2) is 18.2 Å². The molecular weight excluding hydrogens is 214 g/mol.